The fraction of sp³-hybridized carbons (Fsp3) is 0.600. The molecule has 1 unspecified atom stereocenters. The molecule has 2 rings (SSSR count). The van der Waals surface area contributed by atoms with E-state index in [0.29, 0.717) is 12.6 Å². The van der Waals surface area contributed by atoms with Crippen LogP contribution in [0.2, 0.25) is 0 Å². The Morgan fingerprint density at radius 3 is 2.72 bits per heavy atom. The van der Waals surface area contributed by atoms with Crippen LogP contribution in [0.5, 0.6) is 5.75 Å². The molecule has 3 heteroatoms. The standard InChI is InChI=1S/C15H23NO2/c1-12(2)16-8-9-17-15(10-16)11-18-14-6-4-13(3)5-7-14/h4-7,12,15H,8-11H2,1-3H3. The van der Waals surface area contributed by atoms with Crippen molar-refractivity contribution in [1.82, 2.24) is 4.90 Å². The lowest BCUT2D eigenvalue weighted by Crippen LogP contribution is -2.47. The minimum absolute atomic E-state index is 0.183. The summed E-state index contributed by atoms with van der Waals surface area (Å²) in [7, 11) is 0. The monoisotopic (exact) mass is 249 g/mol. The number of rotatable bonds is 4. The predicted molar refractivity (Wildman–Crippen MR) is 73.1 cm³/mol. The zero-order chi connectivity index (χ0) is 13.0. The van der Waals surface area contributed by atoms with Crippen LogP contribution in [0.4, 0.5) is 0 Å². The van der Waals surface area contributed by atoms with Crippen molar-refractivity contribution in [3.8, 4) is 5.75 Å². The van der Waals surface area contributed by atoms with Gasteiger partial charge in [0.1, 0.15) is 18.5 Å². The molecule has 0 saturated carbocycles. The Kier molecular flexibility index (Phi) is 4.61. The Hall–Kier alpha value is -1.06. The molecule has 100 valence electrons. The largest absolute Gasteiger partial charge is 0.491 e. The first kappa shape index (κ1) is 13.4. The van der Waals surface area contributed by atoms with Crippen molar-refractivity contribution in [2.24, 2.45) is 0 Å². The normalized spacial score (nSPS) is 21.2. The molecular formula is C15H23NO2. The smallest absolute Gasteiger partial charge is 0.119 e. The first-order chi connectivity index (χ1) is 8.65. The Labute approximate surface area is 110 Å². The van der Waals surface area contributed by atoms with E-state index < -0.39 is 0 Å². The number of aryl methyl sites for hydroxylation is 1. The van der Waals surface area contributed by atoms with Gasteiger partial charge < -0.3 is 9.47 Å². The van der Waals surface area contributed by atoms with Crippen molar-refractivity contribution in [2.75, 3.05) is 26.3 Å². The zero-order valence-electron chi connectivity index (χ0n) is 11.6. The van der Waals surface area contributed by atoms with E-state index in [4.69, 9.17) is 9.47 Å². The van der Waals surface area contributed by atoms with Crippen LogP contribution in [0.15, 0.2) is 24.3 Å². The van der Waals surface area contributed by atoms with Gasteiger partial charge in [-0.1, -0.05) is 17.7 Å². The minimum atomic E-state index is 0.183. The maximum Gasteiger partial charge on any atom is 0.119 e. The summed E-state index contributed by atoms with van der Waals surface area (Å²) in [5.74, 6) is 0.922. The second-order valence-electron chi connectivity index (χ2n) is 5.21. The molecule has 1 aliphatic rings. The lowest BCUT2D eigenvalue weighted by atomic mass is 10.2. The van der Waals surface area contributed by atoms with Gasteiger partial charge in [-0.2, -0.15) is 0 Å². The van der Waals surface area contributed by atoms with Crippen LogP contribution in [-0.4, -0.2) is 43.3 Å². The molecule has 18 heavy (non-hydrogen) atoms. The Bertz CT molecular complexity index is 361. The van der Waals surface area contributed by atoms with Crippen molar-refractivity contribution in [1.29, 1.82) is 0 Å². The van der Waals surface area contributed by atoms with E-state index in [0.717, 1.165) is 25.4 Å². The lowest BCUT2D eigenvalue weighted by molar-refractivity contribution is -0.0564. The van der Waals surface area contributed by atoms with Crippen LogP contribution < -0.4 is 4.74 Å². The average molecular weight is 249 g/mol. The van der Waals surface area contributed by atoms with Crippen molar-refractivity contribution < 1.29 is 9.47 Å². The summed E-state index contributed by atoms with van der Waals surface area (Å²) >= 11 is 0. The lowest BCUT2D eigenvalue weighted by Gasteiger charge is -2.35. The van der Waals surface area contributed by atoms with E-state index in [1.165, 1.54) is 5.56 Å². The van der Waals surface area contributed by atoms with Gasteiger partial charge in [0.2, 0.25) is 0 Å². The van der Waals surface area contributed by atoms with E-state index in [-0.39, 0.29) is 6.10 Å². The van der Waals surface area contributed by atoms with Gasteiger partial charge in [-0.05, 0) is 32.9 Å². The number of hydrogen-bond acceptors (Lipinski definition) is 3. The molecule has 3 nitrogen and oxygen atoms in total. The maximum absolute atomic E-state index is 5.78. The van der Waals surface area contributed by atoms with E-state index in [1.54, 1.807) is 0 Å². The highest BCUT2D eigenvalue weighted by molar-refractivity contribution is 5.26. The van der Waals surface area contributed by atoms with E-state index in [9.17, 15) is 0 Å². The number of hydrogen-bond donors (Lipinski definition) is 0. The van der Waals surface area contributed by atoms with Crippen LogP contribution in [0.25, 0.3) is 0 Å². The molecule has 1 aromatic rings. The molecule has 0 bridgehead atoms. The first-order valence-corrected chi connectivity index (χ1v) is 6.70. The molecule has 0 amide bonds. The average Bonchev–Trinajstić information content (AvgIpc) is 2.38. The van der Waals surface area contributed by atoms with Crippen LogP contribution in [0.3, 0.4) is 0 Å². The van der Waals surface area contributed by atoms with Gasteiger partial charge in [-0.25, -0.2) is 0 Å². The molecule has 1 saturated heterocycles. The summed E-state index contributed by atoms with van der Waals surface area (Å²) in [5, 5.41) is 0. The highest BCUT2D eigenvalue weighted by atomic mass is 16.5. The van der Waals surface area contributed by atoms with Crippen LogP contribution in [0.1, 0.15) is 19.4 Å². The highest BCUT2D eigenvalue weighted by Crippen LogP contribution is 2.14. The molecule has 1 fully saturated rings. The second kappa shape index (κ2) is 6.21. The number of morpholine rings is 1. The van der Waals surface area contributed by atoms with Gasteiger partial charge in [0.25, 0.3) is 0 Å². The van der Waals surface area contributed by atoms with Crippen LogP contribution in [0, 0.1) is 6.92 Å². The molecular weight excluding hydrogens is 226 g/mol. The summed E-state index contributed by atoms with van der Waals surface area (Å²) < 4.78 is 11.5. The Balaban J connectivity index is 1.81. The molecule has 0 N–H and O–H groups in total. The zero-order valence-corrected chi connectivity index (χ0v) is 11.6. The topological polar surface area (TPSA) is 21.7 Å². The molecule has 0 aliphatic carbocycles. The van der Waals surface area contributed by atoms with Gasteiger partial charge in [0, 0.05) is 19.1 Å². The van der Waals surface area contributed by atoms with Gasteiger partial charge in [-0.3, -0.25) is 4.90 Å². The van der Waals surface area contributed by atoms with Crippen LogP contribution in [-0.2, 0) is 4.74 Å². The Morgan fingerprint density at radius 2 is 2.06 bits per heavy atom. The molecule has 0 aromatic heterocycles. The molecule has 1 heterocycles. The van der Waals surface area contributed by atoms with Crippen LogP contribution >= 0.6 is 0 Å². The maximum atomic E-state index is 5.78. The number of benzene rings is 1. The van der Waals surface area contributed by atoms with Crippen molar-refractivity contribution >= 4 is 0 Å². The third kappa shape index (κ3) is 3.72. The van der Waals surface area contributed by atoms with E-state index >= 15 is 0 Å². The van der Waals surface area contributed by atoms with Crippen molar-refractivity contribution in [3.63, 3.8) is 0 Å². The first-order valence-electron chi connectivity index (χ1n) is 6.70. The Morgan fingerprint density at radius 1 is 1.33 bits per heavy atom. The molecule has 0 radical (unpaired) electrons. The fourth-order valence-electron chi connectivity index (χ4n) is 2.14. The fourth-order valence-corrected chi connectivity index (χ4v) is 2.14. The van der Waals surface area contributed by atoms with E-state index in [2.05, 4.69) is 37.8 Å². The van der Waals surface area contributed by atoms with Crippen molar-refractivity contribution in [2.45, 2.75) is 32.9 Å². The van der Waals surface area contributed by atoms with Gasteiger partial charge >= 0.3 is 0 Å². The van der Waals surface area contributed by atoms with E-state index in [1.807, 2.05) is 12.1 Å². The summed E-state index contributed by atoms with van der Waals surface area (Å²) in [6.45, 7) is 9.95. The second-order valence-corrected chi connectivity index (χ2v) is 5.21. The summed E-state index contributed by atoms with van der Waals surface area (Å²) in [6, 6.07) is 8.74. The third-order valence-electron chi connectivity index (χ3n) is 3.36. The van der Waals surface area contributed by atoms with Crippen molar-refractivity contribution in [3.05, 3.63) is 29.8 Å². The van der Waals surface area contributed by atoms with Gasteiger partial charge in [-0.15, -0.1) is 0 Å². The molecule has 1 aliphatic heterocycles. The predicted octanol–water partition coefficient (Wildman–Crippen LogP) is 2.48. The van der Waals surface area contributed by atoms with Gasteiger partial charge in [0.15, 0.2) is 0 Å². The SMILES string of the molecule is Cc1ccc(OCC2CN(C(C)C)CCO2)cc1. The quantitative estimate of drug-likeness (QED) is 0.818. The molecule has 1 atom stereocenters. The number of ether oxygens (including phenoxy) is 2. The third-order valence-corrected chi connectivity index (χ3v) is 3.36. The minimum Gasteiger partial charge on any atom is -0.491 e. The van der Waals surface area contributed by atoms with Gasteiger partial charge in [0.05, 0.1) is 6.61 Å². The summed E-state index contributed by atoms with van der Waals surface area (Å²) in [4.78, 5) is 2.44. The summed E-state index contributed by atoms with van der Waals surface area (Å²) in [6.07, 6.45) is 0.183. The number of nitrogens with zero attached hydrogens (tertiary/aromatic N) is 1. The highest BCUT2D eigenvalue weighted by Gasteiger charge is 2.22. The summed E-state index contributed by atoms with van der Waals surface area (Å²) in [5.41, 5.74) is 1.25. The molecule has 1 aromatic carbocycles. The molecule has 0 spiro atoms.